The van der Waals surface area contributed by atoms with E-state index in [0.29, 0.717) is 8.79 Å². The largest absolute Gasteiger partial charge is 0.476 e. The van der Waals surface area contributed by atoms with Gasteiger partial charge in [-0.1, -0.05) is 5.21 Å². The zero-order chi connectivity index (χ0) is 14.0. The minimum Gasteiger partial charge on any atom is -0.476 e. The summed E-state index contributed by atoms with van der Waals surface area (Å²) in [5, 5.41) is 17.5. The van der Waals surface area contributed by atoms with E-state index in [9.17, 15) is 4.79 Å². The Balaban J connectivity index is 2.30. The standard InChI is InChI=1S/C11H11BrN4O2S/c1-3-16-7(6(2)14-15-16)4-5-8-13-9(11(17)18)10(12)19-8/h4-5H,3H2,1-2H3,(H,17,18). The Morgan fingerprint density at radius 1 is 1.53 bits per heavy atom. The molecule has 0 radical (unpaired) electrons. The van der Waals surface area contributed by atoms with Crippen molar-refractivity contribution in [2.75, 3.05) is 0 Å². The maximum absolute atomic E-state index is 10.9. The average Bonchev–Trinajstić information content (AvgIpc) is 2.90. The van der Waals surface area contributed by atoms with Gasteiger partial charge in [0, 0.05) is 6.54 Å². The molecular formula is C11H11BrN4O2S. The second kappa shape index (κ2) is 5.62. The summed E-state index contributed by atoms with van der Waals surface area (Å²) in [5.41, 5.74) is 1.75. The van der Waals surface area contributed by atoms with Gasteiger partial charge in [-0.3, -0.25) is 0 Å². The number of halogens is 1. The van der Waals surface area contributed by atoms with Crippen LogP contribution in [0.2, 0.25) is 0 Å². The number of aryl methyl sites for hydroxylation is 2. The zero-order valence-electron chi connectivity index (χ0n) is 10.3. The molecule has 2 aromatic heterocycles. The predicted molar refractivity (Wildman–Crippen MR) is 76.1 cm³/mol. The van der Waals surface area contributed by atoms with Crippen molar-refractivity contribution in [2.45, 2.75) is 20.4 Å². The summed E-state index contributed by atoms with van der Waals surface area (Å²) < 4.78 is 2.28. The Labute approximate surface area is 121 Å². The van der Waals surface area contributed by atoms with Gasteiger partial charge in [-0.25, -0.2) is 14.5 Å². The molecule has 2 rings (SSSR count). The van der Waals surface area contributed by atoms with Gasteiger partial charge in [-0.05, 0) is 41.9 Å². The van der Waals surface area contributed by atoms with Crippen molar-refractivity contribution in [3.05, 3.63) is 25.9 Å². The van der Waals surface area contributed by atoms with Gasteiger partial charge < -0.3 is 5.11 Å². The summed E-state index contributed by atoms with van der Waals surface area (Å²) in [5.74, 6) is -1.04. The van der Waals surface area contributed by atoms with Crippen LogP contribution in [0.25, 0.3) is 12.2 Å². The molecule has 1 N–H and O–H groups in total. The molecule has 0 fully saturated rings. The number of rotatable bonds is 4. The zero-order valence-corrected chi connectivity index (χ0v) is 12.7. The third-order valence-electron chi connectivity index (χ3n) is 2.44. The summed E-state index contributed by atoms with van der Waals surface area (Å²) in [7, 11) is 0. The van der Waals surface area contributed by atoms with Crippen LogP contribution in [0.15, 0.2) is 3.79 Å². The minimum atomic E-state index is -1.04. The Kier molecular flexibility index (Phi) is 4.11. The van der Waals surface area contributed by atoms with Gasteiger partial charge in [0.2, 0.25) is 0 Å². The third-order valence-corrected chi connectivity index (χ3v) is 4.11. The lowest BCUT2D eigenvalue weighted by molar-refractivity contribution is 0.0690. The lowest BCUT2D eigenvalue weighted by Crippen LogP contribution is -1.99. The van der Waals surface area contributed by atoms with Gasteiger partial charge in [-0.2, -0.15) is 0 Å². The van der Waals surface area contributed by atoms with Crippen LogP contribution in [-0.4, -0.2) is 31.1 Å². The molecule has 2 aromatic rings. The van der Waals surface area contributed by atoms with Crippen LogP contribution in [-0.2, 0) is 6.54 Å². The number of hydrogen-bond donors (Lipinski definition) is 1. The van der Waals surface area contributed by atoms with E-state index in [2.05, 4.69) is 31.2 Å². The van der Waals surface area contributed by atoms with Crippen LogP contribution in [0, 0.1) is 6.92 Å². The Bertz CT molecular complexity index is 647. The number of carbonyl (C=O) groups is 1. The summed E-state index contributed by atoms with van der Waals surface area (Å²) in [6, 6.07) is 0. The summed E-state index contributed by atoms with van der Waals surface area (Å²) >= 11 is 4.46. The highest BCUT2D eigenvalue weighted by atomic mass is 79.9. The molecular weight excluding hydrogens is 332 g/mol. The third kappa shape index (κ3) is 2.90. The number of aromatic carboxylic acids is 1. The SMILES string of the molecule is CCn1nnc(C)c1C=Cc1nc(C(=O)O)c(Br)s1. The summed E-state index contributed by atoms with van der Waals surface area (Å²) in [4.78, 5) is 14.9. The predicted octanol–water partition coefficient (Wildman–Crippen LogP) is 2.69. The molecule has 0 saturated heterocycles. The highest BCUT2D eigenvalue weighted by molar-refractivity contribution is 9.11. The van der Waals surface area contributed by atoms with Gasteiger partial charge in [0.05, 0.1) is 11.4 Å². The van der Waals surface area contributed by atoms with E-state index in [1.54, 1.807) is 10.8 Å². The number of hydrogen-bond acceptors (Lipinski definition) is 5. The van der Waals surface area contributed by atoms with E-state index < -0.39 is 5.97 Å². The van der Waals surface area contributed by atoms with Crippen molar-refractivity contribution in [3.63, 3.8) is 0 Å². The molecule has 0 amide bonds. The van der Waals surface area contributed by atoms with Gasteiger partial charge in [0.15, 0.2) is 5.69 Å². The lowest BCUT2D eigenvalue weighted by atomic mass is 10.3. The molecule has 2 heterocycles. The van der Waals surface area contributed by atoms with E-state index >= 15 is 0 Å². The molecule has 0 spiro atoms. The van der Waals surface area contributed by atoms with Crippen molar-refractivity contribution in [1.82, 2.24) is 20.0 Å². The first kappa shape index (κ1) is 13.9. The number of carboxylic acids is 1. The van der Waals surface area contributed by atoms with Crippen LogP contribution in [0.4, 0.5) is 0 Å². The Morgan fingerprint density at radius 2 is 2.26 bits per heavy atom. The second-order valence-corrected chi connectivity index (χ2v) is 6.04. The minimum absolute atomic E-state index is 0.0310. The monoisotopic (exact) mass is 342 g/mol. The van der Waals surface area contributed by atoms with E-state index in [0.717, 1.165) is 17.9 Å². The Hall–Kier alpha value is -1.54. The van der Waals surface area contributed by atoms with E-state index in [4.69, 9.17) is 5.11 Å². The first-order valence-electron chi connectivity index (χ1n) is 5.50. The molecule has 0 aliphatic rings. The van der Waals surface area contributed by atoms with Crippen molar-refractivity contribution in [2.24, 2.45) is 0 Å². The normalized spacial score (nSPS) is 11.3. The lowest BCUT2D eigenvalue weighted by Gasteiger charge is -1.97. The second-order valence-electron chi connectivity index (χ2n) is 3.69. The van der Waals surface area contributed by atoms with Crippen molar-refractivity contribution < 1.29 is 9.90 Å². The number of aromatic nitrogens is 4. The average molecular weight is 343 g/mol. The fourth-order valence-electron chi connectivity index (χ4n) is 1.52. The topological polar surface area (TPSA) is 80.9 Å². The fourth-order valence-corrected chi connectivity index (χ4v) is 2.96. The number of nitrogens with zero attached hydrogens (tertiary/aromatic N) is 4. The van der Waals surface area contributed by atoms with Gasteiger partial charge >= 0.3 is 5.97 Å². The fraction of sp³-hybridized carbons (Fsp3) is 0.273. The Morgan fingerprint density at radius 3 is 2.84 bits per heavy atom. The highest BCUT2D eigenvalue weighted by Gasteiger charge is 2.14. The highest BCUT2D eigenvalue weighted by Crippen LogP contribution is 2.26. The molecule has 0 atom stereocenters. The van der Waals surface area contributed by atoms with Crippen LogP contribution < -0.4 is 0 Å². The van der Waals surface area contributed by atoms with Crippen LogP contribution in [0.1, 0.15) is 33.8 Å². The first-order chi connectivity index (χ1) is 9.02. The van der Waals surface area contributed by atoms with Crippen LogP contribution in [0.5, 0.6) is 0 Å². The number of carboxylic acid groups (broad SMARTS) is 1. The maximum atomic E-state index is 10.9. The van der Waals surface area contributed by atoms with Crippen LogP contribution in [0.3, 0.4) is 0 Å². The van der Waals surface area contributed by atoms with E-state index in [1.807, 2.05) is 19.9 Å². The molecule has 19 heavy (non-hydrogen) atoms. The van der Waals surface area contributed by atoms with Crippen molar-refractivity contribution in [1.29, 1.82) is 0 Å². The molecule has 8 heteroatoms. The molecule has 0 aromatic carbocycles. The first-order valence-corrected chi connectivity index (χ1v) is 7.11. The summed E-state index contributed by atoms with van der Waals surface area (Å²) in [6.45, 7) is 4.58. The smallest absolute Gasteiger partial charge is 0.356 e. The van der Waals surface area contributed by atoms with Crippen molar-refractivity contribution >= 4 is 45.4 Å². The van der Waals surface area contributed by atoms with Gasteiger partial charge in [0.25, 0.3) is 0 Å². The molecule has 0 aliphatic heterocycles. The molecule has 100 valence electrons. The molecule has 0 aliphatic carbocycles. The molecule has 0 unspecified atom stereocenters. The maximum Gasteiger partial charge on any atom is 0.356 e. The summed E-state index contributed by atoms with van der Waals surface area (Å²) in [6.07, 6.45) is 3.61. The van der Waals surface area contributed by atoms with Gasteiger partial charge in [0.1, 0.15) is 8.79 Å². The number of thiazole rings is 1. The molecule has 0 bridgehead atoms. The quantitative estimate of drug-likeness (QED) is 0.923. The van der Waals surface area contributed by atoms with Crippen molar-refractivity contribution in [3.8, 4) is 0 Å². The molecule has 6 nitrogen and oxygen atoms in total. The van der Waals surface area contributed by atoms with E-state index in [-0.39, 0.29) is 5.69 Å². The molecule has 0 saturated carbocycles. The van der Waals surface area contributed by atoms with E-state index in [1.165, 1.54) is 11.3 Å². The van der Waals surface area contributed by atoms with Crippen LogP contribution >= 0.6 is 27.3 Å². The van der Waals surface area contributed by atoms with Gasteiger partial charge in [-0.15, -0.1) is 16.4 Å².